The second-order valence-electron chi connectivity index (χ2n) is 6.37. The molecule has 1 N–H and O–H groups in total. The van der Waals surface area contributed by atoms with Crippen molar-refractivity contribution in [2.75, 3.05) is 0 Å². The van der Waals surface area contributed by atoms with Crippen molar-refractivity contribution >= 4 is 5.91 Å². The van der Waals surface area contributed by atoms with Crippen LogP contribution in [0.4, 0.5) is 0 Å². The lowest BCUT2D eigenvalue weighted by atomic mass is 10.0. The minimum Gasteiger partial charge on any atom is -0.345 e. The van der Waals surface area contributed by atoms with E-state index in [0.717, 1.165) is 29.2 Å². The van der Waals surface area contributed by atoms with Gasteiger partial charge in [-0.05, 0) is 12.5 Å². The summed E-state index contributed by atoms with van der Waals surface area (Å²) in [5.41, 5.74) is 4.90. The van der Waals surface area contributed by atoms with E-state index in [9.17, 15) is 4.79 Å². The van der Waals surface area contributed by atoms with Crippen LogP contribution in [0, 0.1) is 0 Å². The third kappa shape index (κ3) is 3.91. The Morgan fingerprint density at radius 1 is 1.08 bits per heavy atom. The summed E-state index contributed by atoms with van der Waals surface area (Å²) in [6.45, 7) is 5.75. The minimum atomic E-state index is -0.154. The first-order valence-electron chi connectivity index (χ1n) is 8.63. The number of nitrogens with zero attached hydrogens (tertiary/aromatic N) is 2. The molecule has 1 amide bonds. The van der Waals surface area contributed by atoms with Crippen LogP contribution in [0.25, 0.3) is 11.3 Å². The molecule has 0 atom stereocenters. The number of hydrogen-bond donors (Lipinski definition) is 1. The van der Waals surface area contributed by atoms with Gasteiger partial charge in [0, 0.05) is 24.6 Å². The predicted octanol–water partition coefficient (Wildman–Crippen LogP) is 3.87. The molecule has 1 aromatic heterocycles. The van der Waals surface area contributed by atoms with Crippen molar-refractivity contribution in [3.63, 3.8) is 0 Å². The van der Waals surface area contributed by atoms with Crippen LogP contribution >= 0.6 is 0 Å². The van der Waals surface area contributed by atoms with E-state index in [4.69, 9.17) is 4.98 Å². The van der Waals surface area contributed by atoms with Crippen LogP contribution < -0.4 is 5.32 Å². The topological polar surface area (TPSA) is 46.9 Å². The highest BCUT2D eigenvalue weighted by Crippen LogP contribution is 2.26. The Balaban J connectivity index is 1.97. The van der Waals surface area contributed by atoms with Gasteiger partial charge in [-0.1, -0.05) is 67.2 Å². The van der Waals surface area contributed by atoms with Crippen molar-refractivity contribution in [1.82, 2.24) is 14.9 Å². The molecule has 3 rings (SSSR count). The largest absolute Gasteiger partial charge is 0.345 e. The molecule has 0 fully saturated rings. The normalized spacial score (nSPS) is 10.5. The highest BCUT2D eigenvalue weighted by atomic mass is 16.1. The number of carbonyl (C=O) groups is 1. The van der Waals surface area contributed by atoms with Gasteiger partial charge >= 0.3 is 0 Å². The molecule has 0 bridgehead atoms. The number of imidazole rings is 1. The van der Waals surface area contributed by atoms with Gasteiger partial charge in [-0.2, -0.15) is 0 Å². The molecule has 4 heteroatoms. The summed E-state index contributed by atoms with van der Waals surface area (Å²) in [6.07, 6.45) is 0.743. The van der Waals surface area contributed by atoms with Gasteiger partial charge < -0.3 is 9.88 Å². The maximum Gasteiger partial charge on any atom is 0.246 e. The number of amides is 1. The van der Waals surface area contributed by atoms with Gasteiger partial charge in [0.25, 0.3) is 0 Å². The summed E-state index contributed by atoms with van der Waals surface area (Å²) in [5, 5.41) is 2.87. The van der Waals surface area contributed by atoms with Crippen molar-refractivity contribution in [3.05, 3.63) is 89.9 Å². The fourth-order valence-electron chi connectivity index (χ4n) is 2.94. The van der Waals surface area contributed by atoms with Crippen molar-refractivity contribution in [3.8, 4) is 11.3 Å². The third-order valence-electron chi connectivity index (χ3n) is 4.32. The summed E-state index contributed by atoms with van der Waals surface area (Å²) >= 11 is 0. The van der Waals surface area contributed by atoms with Gasteiger partial charge in [0.1, 0.15) is 5.82 Å². The smallest absolute Gasteiger partial charge is 0.246 e. The van der Waals surface area contributed by atoms with Crippen LogP contribution in [0.3, 0.4) is 0 Å². The van der Waals surface area contributed by atoms with Crippen LogP contribution in [0.1, 0.15) is 24.0 Å². The quantitative estimate of drug-likeness (QED) is 0.690. The van der Waals surface area contributed by atoms with E-state index in [1.807, 2.05) is 43.4 Å². The molecular weight excluding hydrogens is 322 g/mol. The van der Waals surface area contributed by atoms with Gasteiger partial charge in [-0.25, -0.2) is 4.98 Å². The molecule has 0 spiro atoms. The van der Waals surface area contributed by atoms with E-state index in [-0.39, 0.29) is 5.91 Å². The zero-order valence-corrected chi connectivity index (χ0v) is 15.2. The average Bonchev–Trinajstić information content (AvgIpc) is 2.96. The Hall–Kier alpha value is -3.14. The maximum absolute atomic E-state index is 11.8. The van der Waals surface area contributed by atoms with Crippen LogP contribution in [-0.4, -0.2) is 15.5 Å². The zero-order valence-electron chi connectivity index (χ0n) is 15.2. The van der Waals surface area contributed by atoms with Crippen LogP contribution in [0.5, 0.6) is 0 Å². The zero-order chi connectivity index (χ0) is 18.5. The highest BCUT2D eigenvalue weighted by molar-refractivity contribution is 5.91. The molecule has 0 saturated carbocycles. The minimum absolute atomic E-state index is 0.154. The summed E-state index contributed by atoms with van der Waals surface area (Å²) < 4.78 is 2.06. The summed E-state index contributed by atoms with van der Waals surface area (Å²) in [6, 6.07) is 20.5. The van der Waals surface area contributed by atoms with E-state index in [0.29, 0.717) is 12.1 Å². The fraction of sp³-hybridized carbons (Fsp3) is 0.182. The SMILES string of the molecule is C=C(C)C(=O)NCc1nc(Cc2ccccc2)c(-c2ccccc2)n1C. The van der Waals surface area contributed by atoms with Gasteiger partial charge in [0.2, 0.25) is 5.91 Å². The molecule has 132 valence electrons. The molecule has 0 aliphatic carbocycles. The molecule has 0 unspecified atom stereocenters. The predicted molar refractivity (Wildman–Crippen MR) is 105 cm³/mol. The molecule has 26 heavy (non-hydrogen) atoms. The Kier molecular flexibility index (Phi) is 5.32. The first kappa shape index (κ1) is 17.7. The third-order valence-corrected chi connectivity index (χ3v) is 4.32. The number of nitrogens with one attached hydrogen (secondary N) is 1. The van der Waals surface area contributed by atoms with Gasteiger partial charge in [0.15, 0.2) is 0 Å². The Morgan fingerprint density at radius 3 is 2.31 bits per heavy atom. The Labute approximate surface area is 154 Å². The summed E-state index contributed by atoms with van der Waals surface area (Å²) in [7, 11) is 1.99. The number of carbonyl (C=O) groups excluding carboxylic acids is 1. The molecule has 3 aromatic rings. The van der Waals surface area contributed by atoms with Crippen molar-refractivity contribution in [2.45, 2.75) is 19.9 Å². The van der Waals surface area contributed by atoms with E-state index in [1.54, 1.807) is 6.92 Å². The lowest BCUT2D eigenvalue weighted by molar-refractivity contribution is -0.117. The molecule has 0 saturated heterocycles. The summed E-state index contributed by atoms with van der Waals surface area (Å²) in [5.74, 6) is 0.670. The molecule has 1 heterocycles. The maximum atomic E-state index is 11.8. The fourth-order valence-corrected chi connectivity index (χ4v) is 2.94. The second kappa shape index (κ2) is 7.83. The Bertz CT molecular complexity index is 911. The van der Waals surface area contributed by atoms with Gasteiger partial charge in [-0.15, -0.1) is 0 Å². The van der Waals surface area contributed by atoms with E-state index in [1.165, 1.54) is 5.56 Å². The molecule has 4 nitrogen and oxygen atoms in total. The highest BCUT2D eigenvalue weighted by Gasteiger charge is 2.17. The summed E-state index contributed by atoms with van der Waals surface area (Å²) in [4.78, 5) is 16.7. The van der Waals surface area contributed by atoms with E-state index in [2.05, 4.69) is 40.7 Å². The number of aromatic nitrogens is 2. The Morgan fingerprint density at radius 2 is 1.69 bits per heavy atom. The van der Waals surface area contributed by atoms with Gasteiger partial charge in [0.05, 0.1) is 17.9 Å². The molecular formula is C22H23N3O. The number of hydrogen-bond acceptors (Lipinski definition) is 2. The number of rotatable bonds is 6. The lowest BCUT2D eigenvalue weighted by Crippen LogP contribution is -2.24. The van der Waals surface area contributed by atoms with Gasteiger partial charge in [-0.3, -0.25) is 4.79 Å². The van der Waals surface area contributed by atoms with Crippen molar-refractivity contribution in [2.24, 2.45) is 7.05 Å². The molecule has 0 aliphatic rings. The second-order valence-corrected chi connectivity index (χ2v) is 6.37. The molecule has 2 aromatic carbocycles. The number of benzene rings is 2. The average molecular weight is 345 g/mol. The monoisotopic (exact) mass is 345 g/mol. The van der Waals surface area contributed by atoms with Crippen LogP contribution in [0.2, 0.25) is 0 Å². The van der Waals surface area contributed by atoms with Crippen molar-refractivity contribution in [1.29, 1.82) is 0 Å². The first-order chi connectivity index (χ1) is 12.6. The van der Waals surface area contributed by atoms with E-state index < -0.39 is 0 Å². The standard InChI is InChI=1S/C22H23N3O/c1-16(2)22(26)23-15-20-24-19(14-17-10-6-4-7-11-17)21(25(20)3)18-12-8-5-9-13-18/h4-13H,1,14-15H2,2-3H3,(H,23,26). The van der Waals surface area contributed by atoms with E-state index >= 15 is 0 Å². The van der Waals surface area contributed by atoms with Crippen LogP contribution in [0.15, 0.2) is 72.8 Å². The first-order valence-corrected chi connectivity index (χ1v) is 8.63. The molecule has 0 radical (unpaired) electrons. The van der Waals surface area contributed by atoms with Crippen molar-refractivity contribution < 1.29 is 4.79 Å². The molecule has 0 aliphatic heterocycles. The van der Waals surface area contributed by atoms with Crippen LogP contribution in [-0.2, 0) is 24.8 Å². The lowest BCUT2D eigenvalue weighted by Gasteiger charge is -2.09.